The summed E-state index contributed by atoms with van der Waals surface area (Å²) in [7, 11) is 0. The van der Waals surface area contributed by atoms with Gasteiger partial charge in [0.2, 0.25) is 5.95 Å². The number of carboxylic acid groups (broad SMARTS) is 1. The van der Waals surface area contributed by atoms with Crippen molar-refractivity contribution >= 4 is 46.4 Å². The molecule has 0 radical (unpaired) electrons. The Hall–Kier alpha value is -4.42. The zero-order valence-corrected chi connectivity index (χ0v) is 22.9. The molecule has 3 N–H and O–H groups in total. The molecule has 1 saturated heterocycles. The van der Waals surface area contributed by atoms with E-state index in [4.69, 9.17) is 9.84 Å². The lowest BCUT2D eigenvalue weighted by Crippen LogP contribution is -2.48. The normalized spacial score (nSPS) is 16.3. The van der Waals surface area contributed by atoms with Gasteiger partial charge in [0, 0.05) is 43.8 Å². The van der Waals surface area contributed by atoms with Crippen molar-refractivity contribution in [2.24, 2.45) is 0 Å². The van der Waals surface area contributed by atoms with E-state index in [0.717, 1.165) is 31.4 Å². The van der Waals surface area contributed by atoms with Crippen LogP contribution < -0.4 is 21.1 Å². The summed E-state index contributed by atoms with van der Waals surface area (Å²) in [5.41, 5.74) is 0.475. The quantitative estimate of drug-likeness (QED) is 0.421. The van der Waals surface area contributed by atoms with Gasteiger partial charge in [-0.15, -0.1) is 0 Å². The molecule has 0 atom stereocenters. The number of piperazine rings is 1. The number of amides is 2. The first kappa shape index (κ1) is 27.2. The summed E-state index contributed by atoms with van der Waals surface area (Å²) in [5.74, 6) is 0.826. The summed E-state index contributed by atoms with van der Waals surface area (Å²) < 4.78 is 7.01. The van der Waals surface area contributed by atoms with Gasteiger partial charge in [0.05, 0.1) is 11.9 Å². The van der Waals surface area contributed by atoms with Crippen LogP contribution in [0.1, 0.15) is 52.5 Å². The van der Waals surface area contributed by atoms with E-state index in [2.05, 4.69) is 30.5 Å². The molecule has 13 heteroatoms. The monoisotopic (exact) mass is 550 g/mol. The van der Waals surface area contributed by atoms with E-state index in [1.54, 1.807) is 43.8 Å². The molecule has 0 spiro atoms. The molecule has 3 aromatic rings. The van der Waals surface area contributed by atoms with Crippen LogP contribution in [0.3, 0.4) is 0 Å². The molecule has 2 fully saturated rings. The number of pyridine rings is 2. The second kappa shape index (κ2) is 11.0. The van der Waals surface area contributed by atoms with Gasteiger partial charge in [0.25, 0.3) is 5.56 Å². The minimum atomic E-state index is -0.901. The Morgan fingerprint density at radius 3 is 2.40 bits per heavy atom. The Morgan fingerprint density at radius 1 is 1.05 bits per heavy atom. The first-order valence-electron chi connectivity index (χ1n) is 13.5. The van der Waals surface area contributed by atoms with E-state index in [-0.39, 0.29) is 17.3 Å². The maximum absolute atomic E-state index is 13.5. The van der Waals surface area contributed by atoms with Gasteiger partial charge in [0.15, 0.2) is 0 Å². The van der Waals surface area contributed by atoms with Gasteiger partial charge in [-0.1, -0.05) is 12.8 Å². The predicted molar refractivity (Wildman–Crippen MR) is 150 cm³/mol. The Morgan fingerprint density at radius 2 is 1.77 bits per heavy atom. The number of hydrogen-bond acceptors (Lipinski definition) is 9. The molecule has 0 aromatic carbocycles. The molecular weight excluding hydrogens is 516 g/mol. The number of carbonyl (C=O) groups excluding carboxylic acids is 1. The smallest absolute Gasteiger partial charge is 0.412 e. The molecule has 0 bridgehead atoms. The first-order chi connectivity index (χ1) is 19.1. The number of hydrogen-bond donors (Lipinski definition) is 3. The molecule has 0 unspecified atom stereocenters. The predicted octanol–water partition coefficient (Wildman–Crippen LogP) is 4.19. The SMILES string of the molecule is CC(C)(C)OC(=O)Nc1cc2cnc(Nc3ccc(N4CCN(C(=O)O)CC4)cn3)nc2n(C2CCCC2)c1=O. The number of carbonyl (C=O) groups is 2. The maximum atomic E-state index is 13.5. The van der Waals surface area contributed by atoms with Crippen LogP contribution in [0.5, 0.6) is 0 Å². The van der Waals surface area contributed by atoms with Crippen LogP contribution in [0, 0.1) is 0 Å². The fraction of sp³-hybridized carbons (Fsp3) is 0.481. The molecule has 212 valence electrons. The highest BCUT2D eigenvalue weighted by atomic mass is 16.6. The average Bonchev–Trinajstić information content (AvgIpc) is 3.43. The molecule has 5 rings (SSSR count). The lowest BCUT2D eigenvalue weighted by Gasteiger charge is -2.34. The van der Waals surface area contributed by atoms with Gasteiger partial charge in [-0.25, -0.2) is 19.6 Å². The van der Waals surface area contributed by atoms with E-state index in [0.29, 0.717) is 49.0 Å². The highest BCUT2D eigenvalue weighted by molar-refractivity contribution is 5.88. The van der Waals surface area contributed by atoms with E-state index < -0.39 is 17.8 Å². The number of aromatic nitrogens is 4. The van der Waals surface area contributed by atoms with E-state index >= 15 is 0 Å². The molecule has 3 aromatic heterocycles. The highest BCUT2D eigenvalue weighted by Gasteiger charge is 2.25. The number of fused-ring (bicyclic) bond motifs is 1. The summed E-state index contributed by atoms with van der Waals surface area (Å²) in [6, 6.07) is 5.27. The Labute approximate surface area is 231 Å². The van der Waals surface area contributed by atoms with Gasteiger partial charge in [-0.05, 0) is 51.8 Å². The van der Waals surface area contributed by atoms with Crippen molar-refractivity contribution in [1.29, 1.82) is 0 Å². The minimum absolute atomic E-state index is 0.0304. The van der Waals surface area contributed by atoms with Crippen molar-refractivity contribution in [2.75, 3.05) is 41.7 Å². The molecular formula is C27H34N8O5. The van der Waals surface area contributed by atoms with E-state index in [1.165, 1.54) is 4.90 Å². The molecule has 1 aliphatic carbocycles. The lowest BCUT2D eigenvalue weighted by molar-refractivity contribution is 0.0635. The van der Waals surface area contributed by atoms with Crippen LogP contribution in [0.15, 0.2) is 35.4 Å². The number of anilines is 4. The molecule has 40 heavy (non-hydrogen) atoms. The van der Waals surface area contributed by atoms with Crippen LogP contribution in [-0.2, 0) is 4.74 Å². The van der Waals surface area contributed by atoms with Crippen LogP contribution >= 0.6 is 0 Å². The van der Waals surface area contributed by atoms with Gasteiger partial charge in [-0.3, -0.25) is 14.7 Å². The Kier molecular flexibility index (Phi) is 7.46. The molecule has 2 amide bonds. The van der Waals surface area contributed by atoms with Crippen molar-refractivity contribution in [3.8, 4) is 0 Å². The first-order valence-corrected chi connectivity index (χ1v) is 13.5. The van der Waals surface area contributed by atoms with Gasteiger partial charge in [0.1, 0.15) is 22.8 Å². The third-order valence-corrected chi connectivity index (χ3v) is 7.00. The highest BCUT2D eigenvalue weighted by Crippen LogP contribution is 2.31. The maximum Gasteiger partial charge on any atom is 0.412 e. The third kappa shape index (κ3) is 6.08. The van der Waals surface area contributed by atoms with Gasteiger partial charge >= 0.3 is 12.2 Å². The summed E-state index contributed by atoms with van der Waals surface area (Å²) in [4.78, 5) is 54.2. The van der Waals surface area contributed by atoms with Crippen LogP contribution in [0.4, 0.5) is 32.7 Å². The summed E-state index contributed by atoms with van der Waals surface area (Å²) >= 11 is 0. The summed E-state index contributed by atoms with van der Waals surface area (Å²) in [5, 5.41) is 15.5. The number of rotatable bonds is 5. The fourth-order valence-corrected chi connectivity index (χ4v) is 5.10. The average molecular weight is 551 g/mol. The fourth-order valence-electron chi connectivity index (χ4n) is 5.10. The van der Waals surface area contributed by atoms with Gasteiger partial charge in [-0.2, -0.15) is 4.98 Å². The largest absolute Gasteiger partial charge is 0.465 e. The van der Waals surface area contributed by atoms with Crippen molar-refractivity contribution < 1.29 is 19.4 Å². The molecule has 2 aliphatic rings. The second-order valence-corrected chi connectivity index (χ2v) is 11.1. The molecule has 4 heterocycles. The lowest BCUT2D eigenvalue weighted by atomic mass is 10.2. The number of nitrogens with one attached hydrogen (secondary N) is 2. The van der Waals surface area contributed by atoms with Crippen molar-refractivity contribution in [3.63, 3.8) is 0 Å². The van der Waals surface area contributed by atoms with Crippen molar-refractivity contribution in [1.82, 2.24) is 24.4 Å². The second-order valence-electron chi connectivity index (χ2n) is 11.1. The van der Waals surface area contributed by atoms with Crippen LogP contribution in [0.25, 0.3) is 11.0 Å². The Bertz CT molecular complexity index is 1450. The van der Waals surface area contributed by atoms with Crippen LogP contribution in [0.2, 0.25) is 0 Å². The standard InChI is InChI=1S/C27H34N8O5/c1-27(2,3)40-25(37)30-20-14-17-15-29-24(32-22(17)35(23(20)36)18-6-4-5-7-18)31-21-9-8-19(16-28-21)33-10-12-34(13-11-33)26(38)39/h8-9,14-16,18H,4-7,10-13H2,1-3H3,(H,30,37)(H,38,39)(H,28,29,31,32). The third-order valence-electron chi connectivity index (χ3n) is 7.00. The zero-order chi connectivity index (χ0) is 28.4. The molecule has 1 saturated carbocycles. The Balaban J connectivity index is 1.38. The van der Waals surface area contributed by atoms with E-state index in [1.807, 2.05) is 12.1 Å². The minimum Gasteiger partial charge on any atom is -0.465 e. The topological polar surface area (TPSA) is 155 Å². The molecule has 1 aliphatic heterocycles. The molecule has 13 nitrogen and oxygen atoms in total. The van der Waals surface area contributed by atoms with Gasteiger partial charge < -0.3 is 25.0 Å². The van der Waals surface area contributed by atoms with Crippen molar-refractivity contribution in [2.45, 2.75) is 58.1 Å². The van der Waals surface area contributed by atoms with Crippen LogP contribution in [-0.4, -0.2) is 73.5 Å². The zero-order valence-electron chi connectivity index (χ0n) is 22.9. The van der Waals surface area contributed by atoms with Crippen molar-refractivity contribution in [3.05, 3.63) is 40.9 Å². The summed E-state index contributed by atoms with van der Waals surface area (Å²) in [6.07, 6.45) is 5.47. The summed E-state index contributed by atoms with van der Waals surface area (Å²) in [6.45, 7) is 7.36. The van der Waals surface area contributed by atoms with E-state index in [9.17, 15) is 14.4 Å². The number of ether oxygens (including phenoxy) is 1. The number of nitrogens with zero attached hydrogens (tertiary/aromatic N) is 6.